The molecule has 0 N–H and O–H groups in total. The SMILES string of the molecule is O=c1c2ccc(Cl)n2ncn1Cc1cn(C2CCOCC2)nn1. The van der Waals surface area contributed by atoms with Crippen molar-refractivity contribution in [2.24, 2.45) is 0 Å². The summed E-state index contributed by atoms with van der Waals surface area (Å²) in [7, 11) is 0. The Bertz CT molecular complexity index is 892. The van der Waals surface area contributed by atoms with E-state index in [1.807, 2.05) is 10.9 Å². The molecule has 0 radical (unpaired) electrons. The van der Waals surface area contributed by atoms with Gasteiger partial charge in [-0.05, 0) is 25.0 Å². The van der Waals surface area contributed by atoms with Crippen LogP contribution in [0.3, 0.4) is 0 Å². The van der Waals surface area contributed by atoms with E-state index in [9.17, 15) is 4.79 Å². The van der Waals surface area contributed by atoms with Gasteiger partial charge in [-0.2, -0.15) is 5.10 Å². The van der Waals surface area contributed by atoms with Gasteiger partial charge in [-0.25, -0.2) is 9.20 Å². The Balaban J connectivity index is 1.59. The van der Waals surface area contributed by atoms with Gasteiger partial charge in [-0.3, -0.25) is 9.36 Å². The molecule has 120 valence electrons. The van der Waals surface area contributed by atoms with Crippen LogP contribution in [0.15, 0.2) is 29.5 Å². The van der Waals surface area contributed by atoms with Crippen molar-refractivity contribution in [3.8, 4) is 0 Å². The Morgan fingerprint density at radius 2 is 2.13 bits per heavy atom. The van der Waals surface area contributed by atoms with Crippen molar-refractivity contribution >= 4 is 17.1 Å². The first-order valence-electron chi connectivity index (χ1n) is 7.43. The number of hydrogen-bond acceptors (Lipinski definition) is 5. The minimum atomic E-state index is -0.160. The Labute approximate surface area is 136 Å². The highest BCUT2D eigenvalue weighted by Gasteiger charge is 2.17. The van der Waals surface area contributed by atoms with E-state index < -0.39 is 0 Å². The minimum Gasteiger partial charge on any atom is -0.381 e. The third kappa shape index (κ3) is 2.64. The summed E-state index contributed by atoms with van der Waals surface area (Å²) in [6.45, 7) is 1.82. The van der Waals surface area contributed by atoms with Gasteiger partial charge >= 0.3 is 0 Å². The molecular weight excluding hydrogens is 320 g/mol. The van der Waals surface area contributed by atoms with Crippen LogP contribution >= 0.6 is 11.6 Å². The van der Waals surface area contributed by atoms with Gasteiger partial charge in [0, 0.05) is 13.2 Å². The Morgan fingerprint density at radius 1 is 1.30 bits per heavy atom. The molecule has 0 amide bonds. The van der Waals surface area contributed by atoms with Gasteiger partial charge < -0.3 is 4.74 Å². The predicted octanol–water partition coefficient (Wildman–Crippen LogP) is 1.14. The summed E-state index contributed by atoms with van der Waals surface area (Å²) < 4.78 is 10.1. The fraction of sp³-hybridized carbons (Fsp3) is 0.429. The molecule has 23 heavy (non-hydrogen) atoms. The lowest BCUT2D eigenvalue weighted by Gasteiger charge is -2.21. The molecule has 0 aromatic carbocycles. The van der Waals surface area contributed by atoms with E-state index in [-0.39, 0.29) is 5.56 Å². The fourth-order valence-electron chi connectivity index (χ4n) is 2.80. The molecule has 0 spiro atoms. The third-order valence-corrected chi connectivity index (χ3v) is 4.34. The van der Waals surface area contributed by atoms with Gasteiger partial charge in [0.25, 0.3) is 5.56 Å². The standard InChI is InChI=1S/C14H15ClN6O2/c15-13-2-1-12-14(22)19(9-16-21(12)13)7-10-8-20(18-17-10)11-3-5-23-6-4-11/h1-2,8-9,11H,3-7H2. The van der Waals surface area contributed by atoms with E-state index in [4.69, 9.17) is 16.3 Å². The molecule has 0 atom stereocenters. The summed E-state index contributed by atoms with van der Waals surface area (Å²) in [6, 6.07) is 3.62. The number of aromatic nitrogens is 6. The average Bonchev–Trinajstić information content (AvgIpc) is 3.19. The zero-order chi connectivity index (χ0) is 15.8. The number of hydrogen-bond donors (Lipinski definition) is 0. The summed E-state index contributed by atoms with van der Waals surface area (Å²) in [5.74, 6) is 0. The van der Waals surface area contributed by atoms with Crippen molar-refractivity contribution in [2.45, 2.75) is 25.4 Å². The molecule has 9 heteroatoms. The maximum absolute atomic E-state index is 12.4. The summed E-state index contributed by atoms with van der Waals surface area (Å²) in [6.07, 6.45) is 5.21. The molecule has 4 heterocycles. The van der Waals surface area contributed by atoms with Crippen molar-refractivity contribution < 1.29 is 4.74 Å². The van der Waals surface area contributed by atoms with Crippen molar-refractivity contribution in [3.05, 3.63) is 45.9 Å². The van der Waals surface area contributed by atoms with Crippen LogP contribution in [-0.2, 0) is 11.3 Å². The summed E-state index contributed by atoms with van der Waals surface area (Å²) >= 11 is 5.96. The molecule has 0 aliphatic carbocycles. The van der Waals surface area contributed by atoms with E-state index in [0.717, 1.165) is 31.7 Å². The van der Waals surface area contributed by atoms with E-state index in [1.165, 1.54) is 15.4 Å². The summed E-state index contributed by atoms with van der Waals surface area (Å²) in [4.78, 5) is 12.4. The molecule has 1 aliphatic rings. The number of nitrogens with zero attached hydrogens (tertiary/aromatic N) is 6. The largest absolute Gasteiger partial charge is 0.381 e. The Hall–Kier alpha value is -2.19. The van der Waals surface area contributed by atoms with Gasteiger partial charge in [-0.1, -0.05) is 16.8 Å². The van der Waals surface area contributed by atoms with Gasteiger partial charge in [0.2, 0.25) is 0 Å². The fourth-order valence-corrected chi connectivity index (χ4v) is 3.00. The maximum atomic E-state index is 12.4. The summed E-state index contributed by atoms with van der Waals surface area (Å²) in [5, 5.41) is 12.9. The van der Waals surface area contributed by atoms with Crippen LogP contribution in [0.2, 0.25) is 5.15 Å². The normalized spacial score (nSPS) is 16.2. The van der Waals surface area contributed by atoms with Crippen LogP contribution in [0, 0.1) is 0 Å². The second kappa shape index (κ2) is 5.78. The molecule has 8 nitrogen and oxygen atoms in total. The van der Waals surface area contributed by atoms with Crippen molar-refractivity contribution in [1.82, 2.24) is 29.2 Å². The first-order valence-corrected chi connectivity index (χ1v) is 7.81. The van der Waals surface area contributed by atoms with Crippen LogP contribution in [0.5, 0.6) is 0 Å². The van der Waals surface area contributed by atoms with Gasteiger partial charge in [-0.15, -0.1) is 5.10 Å². The molecule has 1 saturated heterocycles. The number of fused-ring (bicyclic) bond motifs is 1. The highest BCUT2D eigenvalue weighted by molar-refractivity contribution is 6.29. The molecule has 0 unspecified atom stereocenters. The molecule has 1 aliphatic heterocycles. The molecule has 4 rings (SSSR count). The quantitative estimate of drug-likeness (QED) is 0.717. The maximum Gasteiger partial charge on any atom is 0.278 e. The third-order valence-electron chi connectivity index (χ3n) is 4.05. The molecule has 0 bridgehead atoms. The van der Waals surface area contributed by atoms with Gasteiger partial charge in [0.05, 0.1) is 18.8 Å². The average molecular weight is 335 g/mol. The first kappa shape index (κ1) is 14.4. The van der Waals surface area contributed by atoms with Crippen LogP contribution in [0.25, 0.3) is 5.52 Å². The predicted molar refractivity (Wildman–Crippen MR) is 82.7 cm³/mol. The van der Waals surface area contributed by atoms with Crippen LogP contribution in [0.1, 0.15) is 24.6 Å². The van der Waals surface area contributed by atoms with E-state index in [2.05, 4.69) is 15.4 Å². The molecule has 0 saturated carbocycles. The number of ether oxygens (including phenoxy) is 1. The second-order valence-corrected chi connectivity index (χ2v) is 5.94. The van der Waals surface area contributed by atoms with E-state index >= 15 is 0 Å². The Kier molecular flexibility index (Phi) is 3.62. The molecular formula is C14H15ClN6O2. The van der Waals surface area contributed by atoms with Crippen molar-refractivity contribution in [2.75, 3.05) is 13.2 Å². The van der Waals surface area contributed by atoms with Crippen LogP contribution in [0.4, 0.5) is 0 Å². The topological polar surface area (TPSA) is 79.2 Å². The number of halogens is 1. The van der Waals surface area contributed by atoms with E-state index in [0.29, 0.717) is 23.3 Å². The zero-order valence-electron chi connectivity index (χ0n) is 12.3. The van der Waals surface area contributed by atoms with Gasteiger partial charge in [0.1, 0.15) is 22.7 Å². The zero-order valence-corrected chi connectivity index (χ0v) is 13.1. The Morgan fingerprint density at radius 3 is 2.96 bits per heavy atom. The monoisotopic (exact) mass is 334 g/mol. The lowest BCUT2D eigenvalue weighted by atomic mass is 10.1. The first-order chi connectivity index (χ1) is 11.2. The summed E-state index contributed by atoms with van der Waals surface area (Å²) in [5.41, 5.74) is 1.00. The second-order valence-electron chi connectivity index (χ2n) is 5.55. The lowest BCUT2D eigenvalue weighted by Crippen LogP contribution is -2.23. The molecule has 3 aromatic heterocycles. The number of rotatable bonds is 3. The highest BCUT2D eigenvalue weighted by atomic mass is 35.5. The van der Waals surface area contributed by atoms with Crippen LogP contribution < -0.4 is 5.56 Å². The lowest BCUT2D eigenvalue weighted by molar-refractivity contribution is 0.0657. The van der Waals surface area contributed by atoms with Crippen molar-refractivity contribution in [1.29, 1.82) is 0 Å². The molecule has 1 fully saturated rings. The molecule has 3 aromatic rings. The smallest absolute Gasteiger partial charge is 0.278 e. The van der Waals surface area contributed by atoms with Crippen molar-refractivity contribution in [3.63, 3.8) is 0 Å². The minimum absolute atomic E-state index is 0.160. The van der Waals surface area contributed by atoms with E-state index in [1.54, 1.807) is 12.1 Å². The highest BCUT2D eigenvalue weighted by Crippen LogP contribution is 2.19. The van der Waals surface area contributed by atoms with Gasteiger partial charge in [0.15, 0.2) is 0 Å². The van der Waals surface area contributed by atoms with Crippen LogP contribution in [-0.4, -0.2) is 42.4 Å².